The minimum Gasteiger partial charge on any atom is -0.497 e. The summed E-state index contributed by atoms with van der Waals surface area (Å²) in [6, 6.07) is 13.3. The maximum absolute atomic E-state index is 6.04. The van der Waals surface area contributed by atoms with Gasteiger partial charge in [0.15, 0.2) is 0 Å². The second kappa shape index (κ2) is 6.12. The molecule has 2 nitrogen and oxygen atoms in total. The van der Waals surface area contributed by atoms with Crippen LogP contribution in [-0.4, -0.2) is 7.11 Å². The smallest absolute Gasteiger partial charge is 0.139 e. The first-order chi connectivity index (χ1) is 8.69. The van der Waals surface area contributed by atoms with Crippen molar-refractivity contribution in [2.75, 3.05) is 7.11 Å². The van der Waals surface area contributed by atoms with Crippen LogP contribution in [0.25, 0.3) is 0 Å². The molecule has 4 heteroatoms. The maximum Gasteiger partial charge on any atom is 0.139 e. The van der Waals surface area contributed by atoms with Gasteiger partial charge in [0.1, 0.15) is 18.1 Å². The molecule has 2 aromatic carbocycles. The van der Waals surface area contributed by atoms with Crippen molar-refractivity contribution in [3.8, 4) is 11.5 Å². The van der Waals surface area contributed by atoms with Gasteiger partial charge in [0.2, 0.25) is 0 Å². The molecule has 0 fully saturated rings. The molecule has 0 unspecified atom stereocenters. The first kappa shape index (κ1) is 13.2. The molecule has 0 amide bonds. The molecule has 0 saturated carbocycles. The lowest BCUT2D eigenvalue weighted by Crippen LogP contribution is -1.96. The number of rotatable bonds is 4. The number of halogens is 2. The van der Waals surface area contributed by atoms with Crippen LogP contribution in [0.1, 0.15) is 5.56 Å². The zero-order valence-corrected chi connectivity index (χ0v) is 12.2. The molecule has 0 bridgehead atoms. The van der Waals surface area contributed by atoms with Crippen LogP contribution >= 0.6 is 27.5 Å². The molecule has 0 aliphatic rings. The molecular formula is C14H12BrClO2. The SMILES string of the molecule is COc1ccc(COc2cc(Br)ccc2Cl)cc1. The van der Waals surface area contributed by atoms with Gasteiger partial charge >= 0.3 is 0 Å². The van der Waals surface area contributed by atoms with E-state index in [0.29, 0.717) is 17.4 Å². The van der Waals surface area contributed by atoms with Crippen molar-refractivity contribution >= 4 is 27.5 Å². The lowest BCUT2D eigenvalue weighted by molar-refractivity contribution is 0.306. The standard InChI is InChI=1S/C14H12BrClO2/c1-17-12-5-2-10(3-6-12)9-18-14-8-11(15)4-7-13(14)16/h2-8H,9H2,1H3. The van der Waals surface area contributed by atoms with E-state index >= 15 is 0 Å². The summed E-state index contributed by atoms with van der Waals surface area (Å²) in [5, 5.41) is 0.603. The molecule has 0 aliphatic carbocycles. The summed E-state index contributed by atoms with van der Waals surface area (Å²) in [6.07, 6.45) is 0. The molecule has 0 N–H and O–H groups in total. The number of hydrogen-bond acceptors (Lipinski definition) is 2. The van der Waals surface area contributed by atoms with Gasteiger partial charge in [-0.1, -0.05) is 39.7 Å². The largest absolute Gasteiger partial charge is 0.497 e. The van der Waals surface area contributed by atoms with Gasteiger partial charge < -0.3 is 9.47 Å². The molecule has 0 heterocycles. The maximum atomic E-state index is 6.04. The van der Waals surface area contributed by atoms with Gasteiger partial charge in [0, 0.05) is 4.47 Å². The van der Waals surface area contributed by atoms with Gasteiger partial charge in [-0.05, 0) is 35.9 Å². The Morgan fingerprint density at radius 2 is 1.83 bits per heavy atom. The molecule has 94 valence electrons. The Kier molecular flexibility index (Phi) is 4.50. The predicted octanol–water partition coefficient (Wildman–Crippen LogP) is 4.69. The number of hydrogen-bond donors (Lipinski definition) is 0. The van der Waals surface area contributed by atoms with E-state index in [9.17, 15) is 0 Å². The average Bonchev–Trinajstić information content (AvgIpc) is 2.40. The molecule has 2 aromatic rings. The second-order valence-corrected chi connectivity index (χ2v) is 5.03. The van der Waals surface area contributed by atoms with Crippen molar-refractivity contribution in [2.24, 2.45) is 0 Å². The topological polar surface area (TPSA) is 18.5 Å². The summed E-state index contributed by atoms with van der Waals surface area (Å²) in [7, 11) is 1.65. The minimum absolute atomic E-state index is 0.472. The highest BCUT2D eigenvalue weighted by Gasteiger charge is 2.03. The van der Waals surface area contributed by atoms with Crippen molar-refractivity contribution < 1.29 is 9.47 Å². The fourth-order valence-electron chi connectivity index (χ4n) is 1.47. The normalized spacial score (nSPS) is 10.2. The fourth-order valence-corrected chi connectivity index (χ4v) is 1.98. The van der Waals surface area contributed by atoms with E-state index in [1.807, 2.05) is 36.4 Å². The first-order valence-corrected chi connectivity index (χ1v) is 6.57. The van der Waals surface area contributed by atoms with Crippen LogP contribution in [0.2, 0.25) is 5.02 Å². The Morgan fingerprint density at radius 1 is 1.11 bits per heavy atom. The third kappa shape index (κ3) is 3.40. The molecule has 2 rings (SSSR count). The van der Waals surface area contributed by atoms with E-state index in [-0.39, 0.29) is 0 Å². The predicted molar refractivity (Wildman–Crippen MR) is 76.5 cm³/mol. The van der Waals surface area contributed by atoms with E-state index < -0.39 is 0 Å². The van der Waals surface area contributed by atoms with Gasteiger partial charge in [0.25, 0.3) is 0 Å². The quantitative estimate of drug-likeness (QED) is 0.811. The van der Waals surface area contributed by atoms with Gasteiger partial charge in [-0.15, -0.1) is 0 Å². The first-order valence-electron chi connectivity index (χ1n) is 5.40. The summed E-state index contributed by atoms with van der Waals surface area (Å²) in [5.41, 5.74) is 1.06. The Balaban J connectivity index is 2.04. The fraction of sp³-hybridized carbons (Fsp3) is 0.143. The zero-order chi connectivity index (χ0) is 13.0. The number of benzene rings is 2. The highest BCUT2D eigenvalue weighted by Crippen LogP contribution is 2.28. The van der Waals surface area contributed by atoms with Gasteiger partial charge in [0.05, 0.1) is 12.1 Å². The molecule has 0 saturated heterocycles. The van der Waals surface area contributed by atoms with Crippen LogP contribution in [0.5, 0.6) is 11.5 Å². The van der Waals surface area contributed by atoms with Gasteiger partial charge in [-0.25, -0.2) is 0 Å². The van der Waals surface area contributed by atoms with E-state index in [2.05, 4.69) is 15.9 Å². The van der Waals surface area contributed by atoms with Gasteiger partial charge in [-0.3, -0.25) is 0 Å². The minimum atomic E-state index is 0.472. The van der Waals surface area contributed by atoms with Crippen molar-refractivity contribution in [3.63, 3.8) is 0 Å². The summed E-state index contributed by atoms with van der Waals surface area (Å²) in [4.78, 5) is 0. The number of methoxy groups -OCH3 is 1. The summed E-state index contributed by atoms with van der Waals surface area (Å²) < 4.78 is 11.7. The van der Waals surface area contributed by atoms with Crippen molar-refractivity contribution in [1.29, 1.82) is 0 Å². The Labute approximate surface area is 120 Å². The lowest BCUT2D eigenvalue weighted by atomic mass is 10.2. The Morgan fingerprint density at radius 3 is 2.50 bits per heavy atom. The van der Waals surface area contributed by atoms with E-state index in [1.165, 1.54) is 0 Å². The van der Waals surface area contributed by atoms with Crippen LogP contribution in [0, 0.1) is 0 Å². The summed E-state index contributed by atoms with van der Waals surface area (Å²) >= 11 is 9.43. The molecular weight excluding hydrogens is 316 g/mol. The van der Waals surface area contributed by atoms with Gasteiger partial charge in [-0.2, -0.15) is 0 Å². The van der Waals surface area contributed by atoms with E-state index in [0.717, 1.165) is 15.8 Å². The zero-order valence-electron chi connectivity index (χ0n) is 9.82. The van der Waals surface area contributed by atoms with Crippen molar-refractivity contribution in [1.82, 2.24) is 0 Å². The summed E-state index contributed by atoms with van der Waals surface area (Å²) in [6.45, 7) is 0.472. The molecule has 0 radical (unpaired) electrons. The van der Waals surface area contributed by atoms with Crippen LogP contribution in [0.4, 0.5) is 0 Å². The van der Waals surface area contributed by atoms with Crippen molar-refractivity contribution in [2.45, 2.75) is 6.61 Å². The monoisotopic (exact) mass is 326 g/mol. The molecule has 0 spiro atoms. The Hall–Kier alpha value is -1.19. The van der Waals surface area contributed by atoms with Crippen LogP contribution in [0.3, 0.4) is 0 Å². The van der Waals surface area contributed by atoms with Crippen LogP contribution in [0.15, 0.2) is 46.9 Å². The summed E-state index contributed by atoms with van der Waals surface area (Å²) in [5.74, 6) is 1.50. The molecule has 18 heavy (non-hydrogen) atoms. The van der Waals surface area contributed by atoms with Crippen LogP contribution < -0.4 is 9.47 Å². The molecule has 0 atom stereocenters. The van der Waals surface area contributed by atoms with Crippen LogP contribution in [-0.2, 0) is 6.61 Å². The molecule has 0 aliphatic heterocycles. The van der Waals surface area contributed by atoms with E-state index in [1.54, 1.807) is 13.2 Å². The Bertz CT molecular complexity index is 526. The average molecular weight is 328 g/mol. The molecule has 0 aromatic heterocycles. The third-order valence-electron chi connectivity index (χ3n) is 2.45. The van der Waals surface area contributed by atoms with E-state index in [4.69, 9.17) is 21.1 Å². The third-order valence-corrected chi connectivity index (χ3v) is 3.25. The second-order valence-electron chi connectivity index (χ2n) is 3.71. The number of ether oxygens (including phenoxy) is 2. The highest BCUT2D eigenvalue weighted by molar-refractivity contribution is 9.10. The lowest BCUT2D eigenvalue weighted by Gasteiger charge is -2.09. The highest BCUT2D eigenvalue weighted by atomic mass is 79.9. The van der Waals surface area contributed by atoms with Crippen molar-refractivity contribution in [3.05, 3.63) is 57.5 Å².